The van der Waals surface area contributed by atoms with Gasteiger partial charge in [-0.15, -0.1) is 23.8 Å². The third kappa shape index (κ3) is 9.61. The van der Waals surface area contributed by atoms with Gasteiger partial charge >= 0.3 is 0 Å². The Morgan fingerprint density at radius 1 is 0.634 bits per heavy atom. The molecule has 0 unspecified atom stereocenters. The first-order valence-corrected chi connectivity index (χ1v) is 25.0. The Kier molecular flexibility index (Phi) is 13.4. The van der Waals surface area contributed by atoms with Crippen LogP contribution in [0.3, 0.4) is 0 Å². The zero-order valence-electron chi connectivity index (χ0n) is 46.9. The number of rotatable bonds is 14. The molecule has 0 amide bonds. The maximum atomic E-state index is 12.0. The number of aryl methyl sites for hydroxylation is 3. The van der Waals surface area contributed by atoms with Crippen LogP contribution in [0.25, 0.3) is 83.9 Å². The zero-order chi connectivity index (χ0) is 52.9. The minimum atomic E-state index is -2.54. The fourth-order valence-corrected chi connectivity index (χ4v) is 10.3. The molecule has 0 spiro atoms. The summed E-state index contributed by atoms with van der Waals surface area (Å²) in [5.41, 5.74) is 16.3. The molecule has 0 saturated heterocycles. The van der Waals surface area contributed by atoms with Crippen LogP contribution in [0, 0.1) is 26.8 Å². The Balaban J connectivity index is 0.00000747. The molecule has 4 nitrogen and oxygen atoms in total. The van der Waals surface area contributed by atoms with E-state index in [1.54, 1.807) is 0 Å². The standard InChI is InChI=1S/C66H68N3O.Pt/c1-12-65(10,13-2)56-24-20-25-57(66(11,14-3)15-4)61(56)50-31-32-59(44(8)37-50)69-60-26-19-23-54(62(60)68-64(69)55-36-43(7)35-45(9)63(55)70)52-38-51(47-21-17-16-18-22-47)39-53(40-52)58-41-49(33-34-67-58)48-29-27-46(28-30-48)42(5)6;/h16-39,41-42,70H,12-15H2,1-11H3;/q-1;/i8D3,42D;. The van der Waals surface area contributed by atoms with Crippen molar-refractivity contribution < 1.29 is 31.7 Å². The number of nitrogens with zero attached hydrogens (tertiary/aromatic N) is 3. The number of aromatic hydroxyl groups is 1. The Labute approximate surface area is 443 Å². The average molecular weight is 1120 g/mol. The number of para-hydroxylation sites is 1. The van der Waals surface area contributed by atoms with Gasteiger partial charge in [-0.2, -0.15) is 0 Å². The van der Waals surface area contributed by atoms with Gasteiger partial charge in [-0.1, -0.05) is 175 Å². The van der Waals surface area contributed by atoms with E-state index in [1.165, 1.54) is 11.1 Å². The van der Waals surface area contributed by atoms with Crippen molar-refractivity contribution in [3.63, 3.8) is 0 Å². The summed E-state index contributed by atoms with van der Waals surface area (Å²) in [6.07, 6.45) is 5.56. The first-order chi connectivity index (χ1) is 35.2. The van der Waals surface area contributed by atoms with Crippen LogP contribution >= 0.6 is 0 Å². The number of benzene rings is 7. The van der Waals surface area contributed by atoms with Gasteiger partial charge in [-0.25, -0.2) is 4.98 Å². The molecule has 7 aromatic carbocycles. The van der Waals surface area contributed by atoms with Gasteiger partial charge in [0, 0.05) is 38.4 Å². The molecule has 9 aromatic rings. The maximum Gasteiger partial charge on any atom is 0.148 e. The summed E-state index contributed by atoms with van der Waals surface area (Å²) in [6, 6.07) is 53.0. The second-order valence-corrected chi connectivity index (χ2v) is 20.0. The van der Waals surface area contributed by atoms with Crippen LogP contribution in [0.4, 0.5) is 0 Å². The van der Waals surface area contributed by atoms with E-state index >= 15 is 0 Å². The minimum absolute atomic E-state index is 0. The molecule has 0 fully saturated rings. The van der Waals surface area contributed by atoms with Gasteiger partial charge < -0.3 is 5.11 Å². The van der Waals surface area contributed by atoms with E-state index in [0.29, 0.717) is 33.7 Å². The fourth-order valence-electron chi connectivity index (χ4n) is 10.3. The normalized spacial score (nSPS) is 13.0. The zero-order valence-corrected chi connectivity index (χ0v) is 45.1. The number of phenols is 1. The van der Waals surface area contributed by atoms with Gasteiger partial charge in [0.25, 0.3) is 0 Å². The van der Waals surface area contributed by atoms with Crippen molar-refractivity contribution in [2.45, 2.75) is 118 Å². The van der Waals surface area contributed by atoms with Crippen molar-refractivity contribution in [3.8, 4) is 78.6 Å². The Morgan fingerprint density at radius 2 is 1.27 bits per heavy atom. The molecule has 1 N–H and O–H groups in total. The monoisotopic (exact) mass is 1120 g/mol. The van der Waals surface area contributed by atoms with Crippen LogP contribution in [-0.4, -0.2) is 19.6 Å². The summed E-state index contributed by atoms with van der Waals surface area (Å²) in [7, 11) is 0. The van der Waals surface area contributed by atoms with Crippen molar-refractivity contribution in [1.29, 1.82) is 0 Å². The second kappa shape index (κ2) is 20.8. The van der Waals surface area contributed by atoms with Gasteiger partial charge in [0.15, 0.2) is 0 Å². The van der Waals surface area contributed by atoms with Crippen LogP contribution in [0.5, 0.6) is 5.75 Å². The largest absolute Gasteiger partial charge is 0.507 e. The molecule has 0 saturated carbocycles. The summed E-state index contributed by atoms with van der Waals surface area (Å²) < 4.78 is 38.4. The Morgan fingerprint density at radius 3 is 1.92 bits per heavy atom. The van der Waals surface area contributed by atoms with Gasteiger partial charge in [0.05, 0.1) is 22.3 Å². The summed E-state index contributed by atoms with van der Waals surface area (Å²) in [5, 5.41) is 12.0. The number of hydrogen-bond acceptors (Lipinski definition) is 3. The molecule has 2 aromatic heterocycles. The quantitative estimate of drug-likeness (QED) is 0.110. The predicted octanol–water partition coefficient (Wildman–Crippen LogP) is 18.1. The van der Waals surface area contributed by atoms with Crippen molar-refractivity contribution in [2.75, 3.05) is 0 Å². The smallest absolute Gasteiger partial charge is 0.148 e. The molecule has 0 atom stereocenters. The Hall–Kier alpha value is -6.35. The summed E-state index contributed by atoms with van der Waals surface area (Å²) in [5.74, 6) is -0.195. The van der Waals surface area contributed by atoms with Crippen molar-refractivity contribution in [2.24, 2.45) is 0 Å². The first-order valence-electron chi connectivity index (χ1n) is 27.0. The number of fused-ring (bicyclic) bond motifs is 1. The third-order valence-corrected chi connectivity index (χ3v) is 15.5. The maximum absolute atomic E-state index is 12.0. The first kappa shape index (κ1) is 45.8. The number of aromatic nitrogens is 3. The summed E-state index contributed by atoms with van der Waals surface area (Å²) in [6.45, 7) is 18.7. The van der Waals surface area contributed by atoms with Gasteiger partial charge in [-0.05, 0) is 155 Å². The molecule has 0 radical (unpaired) electrons. The van der Waals surface area contributed by atoms with E-state index in [0.717, 1.165) is 92.6 Å². The Bertz CT molecular complexity index is 3490. The van der Waals surface area contributed by atoms with Crippen LogP contribution in [0.2, 0.25) is 0 Å². The molecule has 2 heterocycles. The molecule has 0 bridgehead atoms. The van der Waals surface area contributed by atoms with E-state index in [4.69, 9.17) is 11.3 Å². The van der Waals surface area contributed by atoms with E-state index in [2.05, 4.69) is 114 Å². The summed E-state index contributed by atoms with van der Waals surface area (Å²) in [4.78, 5) is 10.4. The van der Waals surface area contributed by atoms with Crippen LogP contribution in [-0.2, 0) is 31.9 Å². The van der Waals surface area contributed by atoms with E-state index in [9.17, 15) is 9.22 Å². The van der Waals surface area contributed by atoms with Gasteiger partial charge in [0.2, 0.25) is 0 Å². The van der Waals surface area contributed by atoms with E-state index < -0.39 is 12.7 Å². The van der Waals surface area contributed by atoms with Crippen molar-refractivity contribution in [3.05, 3.63) is 191 Å². The molecule has 5 heteroatoms. The second-order valence-electron chi connectivity index (χ2n) is 20.0. The van der Waals surface area contributed by atoms with Crippen molar-refractivity contribution >= 4 is 11.0 Å². The molecule has 0 aliphatic carbocycles. The van der Waals surface area contributed by atoms with E-state index in [-0.39, 0.29) is 43.2 Å². The predicted molar refractivity (Wildman–Crippen MR) is 296 cm³/mol. The van der Waals surface area contributed by atoms with Crippen molar-refractivity contribution in [1.82, 2.24) is 14.5 Å². The molecular weight excluding hydrogens is 1050 g/mol. The van der Waals surface area contributed by atoms with Gasteiger partial charge in [-0.3, -0.25) is 9.55 Å². The van der Waals surface area contributed by atoms with Gasteiger partial charge in [0.1, 0.15) is 11.6 Å². The number of pyridine rings is 1. The third-order valence-electron chi connectivity index (χ3n) is 15.5. The molecule has 0 aliphatic rings. The summed E-state index contributed by atoms with van der Waals surface area (Å²) >= 11 is 0. The molecule has 9 rings (SSSR count). The SMILES string of the molecule is [2H]C([2H])([2H])c1cc(-c2c(C(C)(CC)CC)cccc2C(C)(CC)CC)ccc1-n1c(-c2cc(C)cc(C)c2O)nc2c(-c3[c-]c(-c4cc(-c5ccc(C([2H])(C)C)cc5)ccn4)cc(-c4ccccc4)c3)cccc21.[Pt]. The fraction of sp³-hybridized carbons (Fsp3) is 0.273. The number of phenolic OH excluding ortho intramolecular Hbond substituents is 1. The van der Waals surface area contributed by atoms with E-state index in [1.807, 2.05) is 117 Å². The topological polar surface area (TPSA) is 50.9 Å². The number of imidazole rings is 1. The number of hydrogen-bond donors (Lipinski definition) is 1. The molecule has 71 heavy (non-hydrogen) atoms. The van der Waals surface area contributed by atoms with Crippen LogP contribution in [0.1, 0.15) is 126 Å². The molecule has 364 valence electrons. The van der Waals surface area contributed by atoms with Crippen LogP contribution < -0.4 is 0 Å². The molecule has 0 aliphatic heterocycles. The molecular formula is C66H68N3OPt-. The average Bonchev–Trinajstić information content (AvgIpc) is 3.80. The minimum Gasteiger partial charge on any atom is -0.507 e. The van der Waals surface area contributed by atoms with Crippen LogP contribution in [0.15, 0.2) is 152 Å².